The lowest BCUT2D eigenvalue weighted by Crippen LogP contribution is -2.71. The molecular weight excluding hydrogens is 166 g/mol. The fraction of sp³-hybridized carbons (Fsp3) is 0.833. The van der Waals surface area contributed by atoms with Crippen molar-refractivity contribution < 1.29 is 31.0 Å². The molecule has 0 aliphatic rings. The third kappa shape index (κ3) is 2.84. The summed E-state index contributed by atoms with van der Waals surface area (Å²) in [5, 5.41) is 35.4. The van der Waals surface area contributed by atoms with Crippen molar-refractivity contribution in [2.45, 2.75) is 24.4 Å². The van der Waals surface area contributed by atoms with Gasteiger partial charge < -0.3 is 31.0 Å². The number of aldehydes is 1. The lowest BCUT2D eigenvalue weighted by molar-refractivity contribution is -0.448. The molecule has 0 aromatic carbocycles. The molecule has 7 N–H and O–H groups in total. The number of quaternary nitrogens is 1. The Balaban J connectivity index is 4.07. The van der Waals surface area contributed by atoms with Crippen LogP contribution in [-0.4, -0.2) is 57.7 Å². The molecule has 0 spiro atoms. The van der Waals surface area contributed by atoms with Gasteiger partial charge in [0.25, 0.3) is 0 Å². The van der Waals surface area contributed by atoms with E-state index in [4.69, 9.17) is 20.4 Å². The average Bonchev–Trinajstić information content (AvgIpc) is 2.12. The molecular formula is C6H14NO5+. The first kappa shape index (κ1) is 11.5. The predicted molar refractivity (Wildman–Crippen MR) is 37.8 cm³/mol. The fourth-order valence-corrected chi connectivity index (χ4v) is 0.669. The van der Waals surface area contributed by atoms with Gasteiger partial charge in [-0.2, -0.15) is 0 Å². The lowest BCUT2D eigenvalue weighted by atomic mass is 10.0. The summed E-state index contributed by atoms with van der Waals surface area (Å²) in [5.74, 6) is 0. The number of rotatable bonds is 5. The summed E-state index contributed by atoms with van der Waals surface area (Å²) < 4.78 is 0. The third-order valence-electron chi connectivity index (χ3n) is 1.56. The van der Waals surface area contributed by atoms with E-state index in [0.717, 1.165) is 0 Å². The van der Waals surface area contributed by atoms with Crippen LogP contribution in [0.15, 0.2) is 0 Å². The summed E-state index contributed by atoms with van der Waals surface area (Å²) in [6.45, 7) is -0.427. The first-order valence-electron chi connectivity index (χ1n) is 3.48. The van der Waals surface area contributed by atoms with Gasteiger partial charge in [-0.15, -0.1) is 0 Å². The van der Waals surface area contributed by atoms with Crippen LogP contribution < -0.4 is 5.73 Å². The highest BCUT2D eigenvalue weighted by Crippen LogP contribution is 2.00. The molecule has 0 amide bonds. The topological polar surface area (TPSA) is 126 Å². The minimum absolute atomic E-state index is 0.109. The van der Waals surface area contributed by atoms with E-state index in [1.807, 2.05) is 0 Å². The van der Waals surface area contributed by atoms with Gasteiger partial charge in [0.2, 0.25) is 0 Å². The van der Waals surface area contributed by atoms with Gasteiger partial charge in [-0.1, -0.05) is 0 Å². The van der Waals surface area contributed by atoms with Crippen molar-refractivity contribution in [3.8, 4) is 0 Å². The molecule has 6 nitrogen and oxygen atoms in total. The molecule has 0 heterocycles. The Morgan fingerprint density at radius 3 is 2.08 bits per heavy atom. The first-order valence-corrected chi connectivity index (χ1v) is 3.48. The summed E-state index contributed by atoms with van der Waals surface area (Å²) in [5.41, 5.74) is 3.31. The molecule has 0 aliphatic heterocycles. The van der Waals surface area contributed by atoms with Crippen LogP contribution in [0.4, 0.5) is 0 Å². The lowest BCUT2D eigenvalue weighted by Gasteiger charge is -2.21. The van der Waals surface area contributed by atoms with E-state index in [0.29, 0.717) is 0 Å². The standard InChI is InChI=1S/C6H13NO5/c7-3(1-8)5(11)6(12)4(10)2-9/h2-6,8,10-12H,1,7H2/p+1/t3-,4-,5-,6-/m1/s1. The summed E-state index contributed by atoms with van der Waals surface area (Å²) in [6, 6.07) is -0.824. The number of aliphatic hydroxyl groups excluding tert-OH is 4. The van der Waals surface area contributed by atoms with E-state index in [9.17, 15) is 4.79 Å². The van der Waals surface area contributed by atoms with Gasteiger partial charge in [0.15, 0.2) is 6.29 Å². The molecule has 0 unspecified atom stereocenters. The first-order chi connectivity index (χ1) is 5.54. The van der Waals surface area contributed by atoms with Crippen molar-refractivity contribution in [2.24, 2.45) is 0 Å². The van der Waals surface area contributed by atoms with Crippen LogP contribution >= 0.6 is 0 Å². The molecule has 0 aliphatic carbocycles. The highest BCUT2D eigenvalue weighted by Gasteiger charge is 2.30. The number of aliphatic hydroxyl groups is 4. The Kier molecular flexibility index (Phi) is 4.95. The Bertz CT molecular complexity index is 142. The molecule has 12 heavy (non-hydrogen) atoms. The predicted octanol–water partition coefficient (Wildman–Crippen LogP) is -4.13. The zero-order chi connectivity index (χ0) is 9.72. The van der Waals surface area contributed by atoms with Gasteiger partial charge in [-0.05, 0) is 0 Å². The summed E-state index contributed by atoms with van der Waals surface area (Å²) >= 11 is 0. The van der Waals surface area contributed by atoms with Crippen LogP contribution in [0.1, 0.15) is 0 Å². The van der Waals surface area contributed by atoms with Crippen LogP contribution in [0.2, 0.25) is 0 Å². The Morgan fingerprint density at radius 2 is 1.75 bits per heavy atom. The SMILES string of the molecule is [NH3+][C@H](CO)[C@@H](O)[C@H](O)[C@H](O)C=O. The smallest absolute Gasteiger partial charge is 0.151 e. The van der Waals surface area contributed by atoms with Gasteiger partial charge >= 0.3 is 0 Å². The van der Waals surface area contributed by atoms with Crippen LogP contribution in [0.3, 0.4) is 0 Å². The van der Waals surface area contributed by atoms with Crippen molar-refractivity contribution in [3.05, 3.63) is 0 Å². The normalized spacial score (nSPS) is 21.1. The highest BCUT2D eigenvalue weighted by atomic mass is 16.4. The Morgan fingerprint density at radius 1 is 1.25 bits per heavy atom. The number of hydrogen-bond donors (Lipinski definition) is 5. The van der Waals surface area contributed by atoms with Crippen LogP contribution in [0, 0.1) is 0 Å². The van der Waals surface area contributed by atoms with Gasteiger partial charge in [0, 0.05) is 0 Å². The van der Waals surface area contributed by atoms with E-state index in [2.05, 4.69) is 5.73 Å². The van der Waals surface area contributed by atoms with Crippen LogP contribution in [0.5, 0.6) is 0 Å². The van der Waals surface area contributed by atoms with Crippen molar-refractivity contribution in [1.29, 1.82) is 0 Å². The number of carbonyl (C=O) groups excluding carboxylic acids is 1. The maximum atomic E-state index is 9.96. The van der Waals surface area contributed by atoms with Crippen molar-refractivity contribution in [1.82, 2.24) is 0 Å². The molecule has 0 bridgehead atoms. The van der Waals surface area contributed by atoms with E-state index in [-0.39, 0.29) is 6.29 Å². The maximum Gasteiger partial charge on any atom is 0.151 e. The third-order valence-corrected chi connectivity index (χ3v) is 1.56. The second kappa shape index (κ2) is 5.18. The van der Waals surface area contributed by atoms with E-state index in [1.165, 1.54) is 0 Å². The monoisotopic (exact) mass is 180 g/mol. The van der Waals surface area contributed by atoms with E-state index in [1.54, 1.807) is 0 Å². The average molecular weight is 180 g/mol. The van der Waals surface area contributed by atoms with Crippen molar-refractivity contribution >= 4 is 6.29 Å². The zero-order valence-electron chi connectivity index (χ0n) is 6.50. The van der Waals surface area contributed by atoms with Crippen molar-refractivity contribution in [3.63, 3.8) is 0 Å². The molecule has 0 radical (unpaired) electrons. The molecule has 72 valence electrons. The van der Waals surface area contributed by atoms with Gasteiger partial charge in [0.1, 0.15) is 24.4 Å². The van der Waals surface area contributed by atoms with Crippen LogP contribution in [0.25, 0.3) is 0 Å². The molecule has 0 rings (SSSR count). The van der Waals surface area contributed by atoms with Crippen LogP contribution in [-0.2, 0) is 4.79 Å². The summed E-state index contributed by atoms with van der Waals surface area (Å²) in [7, 11) is 0. The quantitative estimate of drug-likeness (QED) is 0.275. The maximum absolute atomic E-state index is 9.96. The van der Waals surface area contributed by atoms with Gasteiger partial charge in [-0.3, -0.25) is 0 Å². The summed E-state index contributed by atoms with van der Waals surface area (Å²) in [6.07, 6.45) is -4.54. The number of hydrogen-bond acceptors (Lipinski definition) is 5. The summed E-state index contributed by atoms with van der Waals surface area (Å²) in [4.78, 5) is 9.96. The minimum atomic E-state index is -1.64. The van der Waals surface area contributed by atoms with Crippen molar-refractivity contribution in [2.75, 3.05) is 6.61 Å². The molecule has 0 aromatic heterocycles. The number of carbonyl (C=O) groups is 1. The van der Waals surface area contributed by atoms with E-state index < -0.39 is 31.0 Å². The molecule has 4 atom stereocenters. The molecule has 0 aromatic rings. The van der Waals surface area contributed by atoms with Gasteiger partial charge in [0.05, 0.1) is 6.61 Å². The molecule has 0 fully saturated rings. The van der Waals surface area contributed by atoms with Gasteiger partial charge in [-0.25, -0.2) is 0 Å². The molecule has 0 saturated carbocycles. The second-order valence-corrected chi connectivity index (χ2v) is 2.55. The Labute approximate surface area is 69.2 Å². The molecule has 0 saturated heterocycles. The second-order valence-electron chi connectivity index (χ2n) is 2.55. The highest BCUT2D eigenvalue weighted by molar-refractivity contribution is 5.56. The Hall–Kier alpha value is -0.530. The molecule has 6 heteroatoms. The van der Waals surface area contributed by atoms with E-state index >= 15 is 0 Å². The zero-order valence-corrected chi connectivity index (χ0v) is 6.50. The minimum Gasteiger partial charge on any atom is -0.390 e. The largest absolute Gasteiger partial charge is 0.390 e. The fourth-order valence-electron chi connectivity index (χ4n) is 0.669.